The van der Waals surface area contributed by atoms with Gasteiger partial charge in [0.05, 0.1) is 11.3 Å². The van der Waals surface area contributed by atoms with E-state index in [1.54, 1.807) is 12.1 Å². The third kappa shape index (κ3) is 2.36. The summed E-state index contributed by atoms with van der Waals surface area (Å²) in [5.41, 5.74) is 1.37. The molecule has 2 N–H and O–H groups in total. The number of nitrogens with one attached hydrogen (secondary N) is 1. The molecule has 0 unspecified atom stereocenters. The molecule has 0 aliphatic carbocycles. The van der Waals surface area contributed by atoms with Crippen LogP contribution in [0.1, 0.15) is 10.4 Å². The van der Waals surface area contributed by atoms with Gasteiger partial charge in [-0.25, -0.2) is 4.79 Å². The number of aromatic carboxylic acids is 1. The molecule has 86 valence electrons. The van der Waals surface area contributed by atoms with Gasteiger partial charge in [-0.2, -0.15) is 0 Å². The minimum atomic E-state index is -0.896. The molecule has 0 radical (unpaired) electrons. The Morgan fingerprint density at radius 3 is 2.62 bits per heavy atom. The Morgan fingerprint density at radius 1 is 1.38 bits per heavy atom. The molecule has 4 nitrogen and oxygen atoms in total. The average Bonchev–Trinajstić information content (AvgIpc) is 2.30. The van der Waals surface area contributed by atoms with Gasteiger partial charge in [-0.15, -0.1) is 0 Å². The largest absolute Gasteiger partial charge is 0.478 e. The van der Waals surface area contributed by atoms with Crippen LogP contribution >= 0.6 is 15.9 Å². The van der Waals surface area contributed by atoms with Crippen LogP contribution in [0.2, 0.25) is 0 Å². The minimum absolute atomic E-state index is 0.311. The van der Waals surface area contributed by atoms with Crippen LogP contribution in [0, 0.1) is 0 Å². The molecular weight excluding hydrogens is 272 g/mol. The Hall–Kier alpha value is -1.07. The van der Waals surface area contributed by atoms with Crippen LogP contribution in [0.15, 0.2) is 22.7 Å². The van der Waals surface area contributed by atoms with Gasteiger partial charge in [0.25, 0.3) is 0 Å². The maximum Gasteiger partial charge on any atom is 0.335 e. The van der Waals surface area contributed by atoms with E-state index in [9.17, 15) is 4.79 Å². The Labute approximate surface area is 102 Å². The standard InChI is InChI=1S/C11H13BrN2O2/c12-9-7-8(11(15)16)1-2-10(9)14-5-3-13-4-6-14/h1-2,7,13H,3-6H2,(H,15,16). The topological polar surface area (TPSA) is 52.6 Å². The van der Waals surface area contributed by atoms with Crippen LogP contribution in [-0.4, -0.2) is 37.3 Å². The Kier molecular flexibility index (Phi) is 3.46. The van der Waals surface area contributed by atoms with Crippen molar-refractivity contribution in [2.45, 2.75) is 0 Å². The van der Waals surface area contributed by atoms with Crippen molar-refractivity contribution in [1.29, 1.82) is 0 Å². The van der Waals surface area contributed by atoms with Gasteiger partial charge in [-0.1, -0.05) is 0 Å². The Balaban J connectivity index is 2.24. The van der Waals surface area contributed by atoms with Gasteiger partial charge in [0, 0.05) is 30.7 Å². The first kappa shape index (κ1) is 11.4. The Morgan fingerprint density at radius 2 is 2.06 bits per heavy atom. The number of carboxylic acid groups (broad SMARTS) is 1. The molecule has 1 saturated heterocycles. The molecule has 1 fully saturated rings. The second-order valence-corrected chi connectivity index (χ2v) is 4.56. The van der Waals surface area contributed by atoms with Crippen molar-refractivity contribution in [2.75, 3.05) is 31.1 Å². The number of carbonyl (C=O) groups is 1. The van der Waals surface area contributed by atoms with Crippen LogP contribution < -0.4 is 10.2 Å². The predicted molar refractivity (Wildman–Crippen MR) is 66.2 cm³/mol. The predicted octanol–water partition coefficient (Wildman–Crippen LogP) is 1.56. The first-order valence-corrected chi connectivity index (χ1v) is 5.96. The van der Waals surface area contributed by atoms with Crippen molar-refractivity contribution in [3.8, 4) is 0 Å². The van der Waals surface area contributed by atoms with E-state index in [1.165, 1.54) is 0 Å². The highest BCUT2D eigenvalue weighted by Crippen LogP contribution is 2.27. The normalized spacial score (nSPS) is 16.2. The lowest BCUT2D eigenvalue weighted by atomic mass is 10.2. The molecule has 0 bridgehead atoms. The summed E-state index contributed by atoms with van der Waals surface area (Å²) < 4.78 is 0.842. The number of hydrogen-bond donors (Lipinski definition) is 2. The third-order valence-corrected chi connectivity index (χ3v) is 3.29. The van der Waals surface area contributed by atoms with Crippen LogP contribution in [0.4, 0.5) is 5.69 Å². The first-order valence-electron chi connectivity index (χ1n) is 5.17. The van der Waals surface area contributed by atoms with E-state index in [-0.39, 0.29) is 0 Å². The number of piperazine rings is 1. The van der Waals surface area contributed by atoms with Gasteiger partial charge in [0.15, 0.2) is 0 Å². The SMILES string of the molecule is O=C(O)c1ccc(N2CCNCC2)c(Br)c1. The second-order valence-electron chi connectivity index (χ2n) is 3.71. The smallest absolute Gasteiger partial charge is 0.335 e. The summed E-state index contributed by atoms with van der Waals surface area (Å²) in [5, 5.41) is 12.1. The highest BCUT2D eigenvalue weighted by Gasteiger charge is 2.14. The molecule has 2 rings (SSSR count). The molecule has 0 amide bonds. The minimum Gasteiger partial charge on any atom is -0.478 e. The average molecular weight is 285 g/mol. The van der Waals surface area contributed by atoms with E-state index in [4.69, 9.17) is 5.11 Å². The molecule has 0 atom stereocenters. The molecule has 1 aliphatic rings. The molecular formula is C11H13BrN2O2. The van der Waals surface area contributed by atoms with Crippen molar-refractivity contribution >= 4 is 27.6 Å². The highest BCUT2D eigenvalue weighted by molar-refractivity contribution is 9.10. The zero-order valence-corrected chi connectivity index (χ0v) is 10.3. The molecule has 1 aromatic rings. The summed E-state index contributed by atoms with van der Waals surface area (Å²) in [5.74, 6) is -0.896. The number of benzene rings is 1. The summed E-state index contributed by atoms with van der Waals surface area (Å²) in [6.07, 6.45) is 0. The van der Waals surface area contributed by atoms with Gasteiger partial charge in [-0.3, -0.25) is 0 Å². The zero-order chi connectivity index (χ0) is 11.5. The number of halogens is 1. The lowest BCUT2D eigenvalue weighted by molar-refractivity contribution is 0.0697. The maximum atomic E-state index is 10.8. The molecule has 0 aromatic heterocycles. The number of carboxylic acids is 1. The van der Waals surface area contributed by atoms with Gasteiger partial charge >= 0.3 is 5.97 Å². The van der Waals surface area contributed by atoms with Crippen LogP contribution in [0.25, 0.3) is 0 Å². The summed E-state index contributed by atoms with van der Waals surface area (Å²) in [4.78, 5) is 13.0. The summed E-state index contributed by atoms with van der Waals surface area (Å²) in [6, 6.07) is 5.16. The quantitative estimate of drug-likeness (QED) is 0.866. The van der Waals surface area contributed by atoms with Gasteiger partial charge in [-0.05, 0) is 34.1 Å². The van der Waals surface area contributed by atoms with Crippen molar-refractivity contribution in [3.05, 3.63) is 28.2 Å². The van der Waals surface area contributed by atoms with Crippen molar-refractivity contribution in [2.24, 2.45) is 0 Å². The van der Waals surface area contributed by atoms with E-state index in [1.807, 2.05) is 6.07 Å². The van der Waals surface area contributed by atoms with Crippen LogP contribution in [0.5, 0.6) is 0 Å². The first-order chi connectivity index (χ1) is 7.68. The number of anilines is 1. The van der Waals surface area contributed by atoms with Crippen molar-refractivity contribution in [3.63, 3.8) is 0 Å². The number of rotatable bonds is 2. The molecule has 0 saturated carbocycles. The van der Waals surface area contributed by atoms with E-state index < -0.39 is 5.97 Å². The van der Waals surface area contributed by atoms with Gasteiger partial charge in [0.2, 0.25) is 0 Å². The van der Waals surface area contributed by atoms with E-state index in [0.29, 0.717) is 5.56 Å². The molecule has 1 heterocycles. The number of hydrogen-bond acceptors (Lipinski definition) is 3. The molecule has 0 spiro atoms. The van der Waals surface area contributed by atoms with E-state index >= 15 is 0 Å². The monoisotopic (exact) mass is 284 g/mol. The van der Waals surface area contributed by atoms with Crippen LogP contribution in [0.3, 0.4) is 0 Å². The zero-order valence-electron chi connectivity index (χ0n) is 8.74. The third-order valence-electron chi connectivity index (χ3n) is 2.65. The van der Waals surface area contributed by atoms with E-state index in [0.717, 1.165) is 36.3 Å². The van der Waals surface area contributed by atoms with Gasteiger partial charge in [0.1, 0.15) is 0 Å². The fraction of sp³-hybridized carbons (Fsp3) is 0.364. The lowest BCUT2D eigenvalue weighted by Crippen LogP contribution is -2.43. The van der Waals surface area contributed by atoms with E-state index in [2.05, 4.69) is 26.1 Å². The lowest BCUT2D eigenvalue weighted by Gasteiger charge is -2.30. The number of nitrogens with zero attached hydrogens (tertiary/aromatic N) is 1. The second kappa shape index (κ2) is 4.84. The van der Waals surface area contributed by atoms with Crippen molar-refractivity contribution < 1.29 is 9.90 Å². The van der Waals surface area contributed by atoms with Crippen molar-refractivity contribution in [1.82, 2.24) is 5.32 Å². The molecule has 1 aromatic carbocycles. The van der Waals surface area contributed by atoms with Gasteiger partial charge < -0.3 is 15.3 Å². The molecule has 1 aliphatic heterocycles. The summed E-state index contributed by atoms with van der Waals surface area (Å²) >= 11 is 3.43. The van der Waals surface area contributed by atoms with Crippen LogP contribution in [-0.2, 0) is 0 Å². The Bertz CT molecular complexity index is 403. The summed E-state index contributed by atoms with van der Waals surface area (Å²) in [7, 11) is 0. The fourth-order valence-electron chi connectivity index (χ4n) is 1.80. The maximum absolute atomic E-state index is 10.8. The summed E-state index contributed by atoms with van der Waals surface area (Å²) in [6.45, 7) is 3.83. The fourth-order valence-corrected chi connectivity index (χ4v) is 2.43. The highest BCUT2D eigenvalue weighted by atomic mass is 79.9. The molecule has 5 heteroatoms. The molecule has 16 heavy (non-hydrogen) atoms.